The van der Waals surface area contributed by atoms with Gasteiger partial charge in [0, 0.05) is 11.1 Å². The second kappa shape index (κ2) is 12.6. The molecule has 0 heterocycles. The molecule has 0 fully saturated rings. The predicted molar refractivity (Wildman–Crippen MR) is 102 cm³/mol. The van der Waals surface area contributed by atoms with Gasteiger partial charge in [0.25, 0.3) is 0 Å². The Labute approximate surface area is 143 Å². The zero-order valence-electron chi connectivity index (χ0n) is 15.1. The Kier molecular flexibility index (Phi) is 11.5. The fraction of sp³-hybridized carbons (Fsp3) is 0.455. The van der Waals surface area contributed by atoms with E-state index < -0.39 is 0 Å². The normalized spacial score (nSPS) is 9.83. The van der Waals surface area contributed by atoms with Crippen molar-refractivity contribution in [2.24, 2.45) is 0 Å². The first-order valence-corrected chi connectivity index (χ1v) is 8.46. The zero-order valence-corrected chi connectivity index (χ0v) is 15.1. The van der Waals surface area contributed by atoms with Gasteiger partial charge in [0.15, 0.2) is 0 Å². The number of quaternary nitrogens is 1. The lowest BCUT2D eigenvalue weighted by atomic mass is 10.1. The molecule has 0 aliphatic heterocycles. The summed E-state index contributed by atoms with van der Waals surface area (Å²) < 4.78 is 0.976. The number of unbranched alkanes of at least 4 members (excludes halogenated alkanes) is 2. The molecule has 0 atom stereocenters. The minimum absolute atomic E-state index is 0.902. The van der Waals surface area contributed by atoms with Crippen LogP contribution in [0.15, 0.2) is 72.5 Å². The van der Waals surface area contributed by atoms with Gasteiger partial charge < -0.3 is 4.48 Å². The second-order valence-electron chi connectivity index (χ2n) is 6.06. The third-order valence-corrected chi connectivity index (χ3v) is 3.81. The number of nitrogens with zero attached hydrogens (tertiary/aromatic N) is 1. The molecule has 0 aromatic rings. The molecule has 1 nitrogen and oxygen atoms in total. The average molecular weight is 311 g/mol. The predicted octanol–water partition coefficient (Wildman–Crippen LogP) is 5.51. The van der Waals surface area contributed by atoms with E-state index >= 15 is 0 Å². The highest BCUT2D eigenvalue weighted by Crippen LogP contribution is 2.18. The molecule has 0 aliphatic carbocycles. The van der Waals surface area contributed by atoms with E-state index in [0.29, 0.717) is 0 Å². The summed E-state index contributed by atoms with van der Waals surface area (Å²) in [5.74, 6) is 0. The van der Waals surface area contributed by atoms with Crippen molar-refractivity contribution in [1.29, 1.82) is 0 Å². The molecule has 0 saturated carbocycles. The van der Waals surface area contributed by atoms with Gasteiger partial charge in [-0.15, -0.1) is 0 Å². The van der Waals surface area contributed by atoms with Crippen LogP contribution in [0.1, 0.15) is 39.5 Å². The van der Waals surface area contributed by atoms with Crippen LogP contribution in [0.2, 0.25) is 0 Å². The standard InChI is InChI=1S/C22H32N/c1-7-11-15-21(5)19-23(17-13-9-3,18-14-10-4)20-22(6)16-12-8-2/h15-16H,1-2,5-6,9-10,13-14,17-20H2,3-4H3/q+1. The zero-order chi connectivity index (χ0) is 17.6. The molecule has 0 aromatic heterocycles. The van der Waals surface area contributed by atoms with E-state index in [0.717, 1.165) is 41.8 Å². The molecule has 0 rings (SSSR count). The first-order chi connectivity index (χ1) is 11.0. The highest BCUT2D eigenvalue weighted by Gasteiger charge is 2.27. The Bertz CT molecular complexity index is 501. The van der Waals surface area contributed by atoms with E-state index in [4.69, 9.17) is 0 Å². The van der Waals surface area contributed by atoms with Crippen LogP contribution in [0, 0.1) is 0 Å². The molecule has 0 saturated heterocycles. The summed E-state index contributed by atoms with van der Waals surface area (Å²) >= 11 is 0. The quantitative estimate of drug-likeness (QED) is 0.253. The summed E-state index contributed by atoms with van der Waals surface area (Å²) in [6.07, 6.45) is 8.56. The molecule has 1 heteroatoms. The highest BCUT2D eigenvalue weighted by atomic mass is 15.3. The van der Waals surface area contributed by atoms with Gasteiger partial charge in [-0.05, 0) is 38.2 Å². The minimum Gasteiger partial charge on any atom is -0.316 e. The Morgan fingerprint density at radius 1 is 0.826 bits per heavy atom. The molecule has 0 bridgehead atoms. The molecule has 0 aromatic carbocycles. The molecule has 0 unspecified atom stereocenters. The molecular weight excluding hydrogens is 278 g/mol. The van der Waals surface area contributed by atoms with E-state index in [1.807, 2.05) is 12.2 Å². The number of rotatable bonds is 12. The smallest absolute Gasteiger partial charge is 0.105 e. The summed E-state index contributed by atoms with van der Waals surface area (Å²) in [5, 5.41) is 0. The largest absolute Gasteiger partial charge is 0.316 e. The fourth-order valence-electron chi connectivity index (χ4n) is 2.73. The van der Waals surface area contributed by atoms with Gasteiger partial charge in [0.05, 0.1) is 13.1 Å². The third kappa shape index (κ3) is 9.62. The van der Waals surface area contributed by atoms with Crippen molar-refractivity contribution in [2.45, 2.75) is 39.5 Å². The van der Waals surface area contributed by atoms with Crippen LogP contribution in [-0.4, -0.2) is 30.7 Å². The van der Waals surface area contributed by atoms with Crippen molar-refractivity contribution in [1.82, 2.24) is 0 Å². The van der Waals surface area contributed by atoms with Crippen LogP contribution in [0.4, 0.5) is 0 Å². The minimum atomic E-state index is 0.902. The molecule has 0 spiro atoms. The average Bonchev–Trinajstić information content (AvgIpc) is 2.54. The van der Waals surface area contributed by atoms with Gasteiger partial charge >= 0.3 is 0 Å². The van der Waals surface area contributed by atoms with Gasteiger partial charge in [-0.3, -0.25) is 0 Å². The van der Waals surface area contributed by atoms with E-state index in [2.05, 4.69) is 63.1 Å². The van der Waals surface area contributed by atoms with Crippen LogP contribution in [0.5, 0.6) is 0 Å². The van der Waals surface area contributed by atoms with Crippen LogP contribution >= 0.6 is 0 Å². The van der Waals surface area contributed by atoms with E-state index in [1.165, 1.54) is 25.7 Å². The van der Waals surface area contributed by atoms with Crippen LogP contribution in [0.25, 0.3) is 0 Å². The summed E-state index contributed by atoms with van der Waals surface area (Å²) in [6, 6.07) is 0. The SMILES string of the molecule is C=C=C=CC(=C)C[N+](CCCC)(CCCC)CC(=C)C=C=C=C. The van der Waals surface area contributed by atoms with Crippen LogP contribution < -0.4 is 0 Å². The third-order valence-electron chi connectivity index (χ3n) is 3.81. The Morgan fingerprint density at radius 2 is 1.22 bits per heavy atom. The molecule has 0 amide bonds. The van der Waals surface area contributed by atoms with Crippen LogP contribution in [0.3, 0.4) is 0 Å². The van der Waals surface area contributed by atoms with Crippen molar-refractivity contribution in [3.63, 3.8) is 0 Å². The number of hydrogen-bond acceptors (Lipinski definition) is 0. The van der Waals surface area contributed by atoms with Gasteiger partial charge in [0.1, 0.15) is 13.1 Å². The monoisotopic (exact) mass is 310 g/mol. The molecule has 0 N–H and O–H groups in total. The van der Waals surface area contributed by atoms with Crippen molar-refractivity contribution < 1.29 is 4.48 Å². The summed E-state index contributed by atoms with van der Waals surface area (Å²) in [6.45, 7) is 24.0. The fourth-order valence-corrected chi connectivity index (χ4v) is 2.73. The van der Waals surface area contributed by atoms with Crippen molar-refractivity contribution in [3.8, 4) is 0 Å². The molecule has 0 aliphatic rings. The molecular formula is C22H32N+. The lowest BCUT2D eigenvalue weighted by molar-refractivity contribution is -0.919. The van der Waals surface area contributed by atoms with E-state index in [1.54, 1.807) is 0 Å². The van der Waals surface area contributed by atoms with Gasteiger partial charge in [-0.25, -0.2) is 0 Å². The van der Waals surface area contributed by atoms with Gasteiger partial charge in [-0.1, -0.05) is 62.8 Å². The Hall–Kier alpha value is -1.96. The van der Waals surface area contributed by atoms with E-state index in [-0.39, 0.29) is 0 Å². The van der Waals surface area contributed by atoms with Gasteiger partial charge in [0.2, 0.25) is 0 Å². The first kappa shape index (κ1) is 21.0. The highest BCUT2D eigenvalue weighted by molar-refractivity contribution is 5.16. The molecule has 124 valence electrons. The molecule has 23 heavy (non-hydrogen) atoms. The summed E-state index contributed by atoms with van der Waals surface area (Å²) in [7, 11) is 0. The topological polar surface area (TPSA) is 0 Å². The summed E-state index contributed by atoms with van der Waals surface area (Å²) in [5.41, 5.74) is 13.3. The summed E-state index contributed by atoms with van der Waals surface area (Å²) in [4.78, 5) is 0. The van der Waals surface area contributed by atoms with Crippen molar-refractivity contribution in [3.05, 3.63) is 72.5 Å². The maximum atomic E-state index is 4.18. The Morgan fingerprint density at radius 3 is 1.52 bits per heavy atom. The second-order valence-corrected chi connectivity index (χ2v) is 6.06. The van der Waals surface area contributed by atoms with Crippen LogP contribution in [-0.2, 0) is 0 Å². The maximum absolute atomic E-state index is 4.18. The van der Waals surface area contributed by atoms with Crippen molar-refractivity contribution >= 4 is 0 Å². The maximum Gasteiger partial charge on any atom is 0.105 e. The van der Waals surface area contributed by atoms with Gasteiger partial charge in [-0.2, -0.15) is 0 Å². The molecule has 0 radical (unpaired) electrons. The Balaban J connectivity index is 5.44. The first-order valence-electron chi connectivity index (χ1n) is 8.46. The van der Waals surface area contributed by atoms with Crippen molar-refractivity contribution in [2.75, 3.05) is 26.2 Å². The lowest BCUT2D eigenvalue weighted by Crippen LogP contribution is -2.51. The lowest BCUT2D eigenvalue weighted by Gasteiger charge is -2.39. The van der Waals surface area contributed by atoms with E-state index in [9.17, 15) is 0 Å². The number of hydrogen-bond donors (Lipinski definition) is 0.